The molecule has 0 saturated heterocycles. The first-order valence-electron chi connectivity index (χ1n) is 3.22. The van der Waals surface area contributed by atoms with Crippen molar-refractivity contribution in [2.75, 3.05) is 0 Å². The lowest BCUT2D eigenvalue weighted by Crippen LogP contribution is -2.02. The normalized spacial score (nSPS) is 9.11. The molecule has 2 nitrogen and oxygen atoms in total. The van der Waals surface area contributed by atoms with Gasteiger partial charge in [0.15, 0.2) is 0 Å². The molecule has 0 bridgehead atoms. The monoisotopic (exact) mass is 127 g/mol. The van der Waals surface area contributed by atoms with Crippen LogP contribution in [0.25, 0.3) is 0 Å². The van der Waals surface area contributed by atoms with Crippen molar-refractivity contribution in [3.63, 3.8) is 0 Å². The van der Waals surface area contributed by atoms with Crippen molar-refractivity contribution in [2.45, 2.75) is 33.1 Å². The highest BCUT2D eigenvalue weighted by Gasteiger charge is 1.99. The maximum Gasteiger partial charge on any atom is 0.138 e. The first kappa shape index (κ1) is 8.34. The van der Waals surface area contributed by atoms with E-state index in [1.807, 2.05) is 6.92 Å². The number of carbonyl (C=O) groups excluding carboxylic acids is 1. The predicted molar refractivity (Wildman–Crippen MR) is 37.9 cm³/mol. The molecule has 1 N–H and O–H groups in total. The second-order valence-electron chi connectivity index (χ2n) is 2.25. The molecule has 0 saturated carbocycles. The summed E-state index contributed by atoms with van der Waals surface area (Å²) in [7, 11) is 0. The Labute approximate surface area is 55.8 Å². The molecule has 0 aliphatic carbocycles. The molecule has 0 heterocycles. The number of hydrogen-bond acceptors (Lipinski definition) is 2. The third kappa shape index (κ3) is 5.21. The Balaban J connectivity index is 3.39. The molecule has 0 radical (unpaired) electrons. The number of ketones is 1. The molecule has 0 unspecified atom stereocenters. The summed E-state index contributed by atoms with van der Waals surface area (Å²) < 4.78 is 0. The highest BCUT2D eigenvalue weighted by molar-refractivity contribution is 5.99. The third-order valence-corrected chi connectivity index (χ3v) is 0.991. The van der Waals surface area contributed by atoms with Gasteiger partial charge in [-0.15, -0.1) is 0 Å². The largest absolute Gasteiger partial charge is 0.310 e. The molecule has 0 spiro atoms. The molecule has 0 rings (SSSR count). The Morgan fingerprint density at radius 1 is 1.56 bits per heavy atom. The number of Topliss-reactive ketones (excluding diaryl/α,β-unsaturated/α-hetero) is 1. The van der Waals surface area contributed by atoms with E-state index in [1.54, 1.807) is 6.92 Å². The molecule has 0 aromatic rings. The highest BCUT2D eigenvalue weighted by atomic mass is 16.1. The maximum absolute atomic E-state index is 10.7. The van der Waals surface area contributed by atoms with Gasteiger partial charge in [0.25, 0.3) is 0 Å². The number of carbonyl (C=O) groups is 1. The summed E-state index contributed by atoms with van der Waals surface area (Å²) in [5.74, 6) is 0.185. The summed E-state index contributed by atoms with van der Waals surface area (Å²) >= 11 is 0. The first-order chi connectivity index (χ1) is 4.16. The number of rotatable bonds is 4. The Bertz CT molecular complexity index is 118. The van der Waals surface area contributed by atoms with Crippen LogP contribution in [0.2, 0.25) is 0 Å². The fourth-order valence-electron chi connectivity index (χ4n) is 0.663. The summed E-state index contributed by atoms with van der Waals surface area (Å²) in [5, 5.41) is 6.98. The zero-order chi connectivity index (χ0) is 7.28. The standard InChI is InChI=1S/C7H13NO/c1-3-4-7(9)5-6(2)8/h8H,3-5H2,1-2H3. The lowest BCUT2D eigenvalue weighted by molar-refractivity contribution is -0.117. The van der Waals surface area contributed by atoms with Gasteiger partial charge < -0.3 is 5.41 Å². The minimum atomic E-state index is 0.185. The molecular formula is C7H13NO. The molecule has 0 aliphatic rings. The third-order valence-electron chi connectivity index (χ3n) is 0.991. The second-order valence-corrected chi connectivity index (χ2v) is 2.25. The van der Waals surface area contributed by atoms with Crippen molar-refractivity contribution < 1.29 is 4.79 Å². The van der Waals surface area contributed by atoms with E-state index in [0.717, 1.165) is 6.42 Å². The average Bonchev–Trinajstić information content (AvgIpc) is 1.63. The van der Waals surface area contributed by atoms with Gasteiger partial charge in [0, 0.05) is 18.6 Å². The zero-order valence-corrected chi connectivity index (χ0v) is 6.03. The molecule has 0 aromatic heterocycles. The van der Waals surface area contributed by atoms with Gasteiger partial charge in [0.05, 0.1) is 0 Å². The van der Waals surface area contributed by atoms with Crippen molar-refractivity contribution in [1.82, 2.24) is 0 Å². The molecule has 2 heteroatoms. The van der Waals surface area contributed by atoms with E-state index >= 15 is 0 Å². The lowest BCUT2D eigenvalue weighted by Gasteiger charge is -1.93. The van der Waals surface area contributed by atoms with Gasteiger partial charge in [-0.3, -0.25) is 4.79 Å². The second kappa shape index (κ2) is 4.24. The van der Waals surface area contributed by atoms with Gasteiger partial charge >= 0.3 is 0 Å². The van der Waals surface area contributed by atoms with Crippen molar-refractivity contribution in [3.05, 3.63) is 0 Å². The molecule has 0 atom stereocenters. The quantitative estimate of drug-likeness (QED) is 0.574. The predicted octanol–water partition coefficient (Wildman–Crippen LogP) is 1.79. The summed E-state index contributed by atoms with van der Waals surface area (Å²) in [4.78, 5) is 10.7. The Hall–Kier alpha value is -0.660. The van der Waals surface area contributed by atoms with Gasteiger partial charge in [-0.25, -0.2) is 0 Å². The smallest absolute Gasteiger partial charge is 0.138 e. The van der Waals surface area contributed by atoms with Crippen LogP contribution in [0.15, 0.2) is 0 Å². The molecule has 52 valence electrons. The van der Waals surface area contributed by atoms with Crippen LogP contribution in [0.5, 0.6) is 0 Å². The van der Waals surface area contributed by atoms with Crippen LogP contribution in [-0.2, 0) is 4.79 Å². The maximum atomic E-state index is 10.7. The van der Waals surface area contributed by atoms with Gasteiger partial charge in [0.1, 0.15) is 5.78 Å². The fraction of sp³-hybridized carbons (Fsp3) is 0.714. The number of hydrogen-bond donors (Lipinski definition) is 1. The van der Waals surface area contributed by atoms with E-state index < -0.39 is 0 Å². The van der Waals surface area contributed by atoms with Crippen molar-refractivity contribution in [1.29, 1.82) is 5.41 Å². The first-order valence-corrected chi connectivity index (χ1v) is 3.22. The highest BCUT2D eigenvalue weighted by Crippen LogP contribution is 1.94. The van der Waals surface area contributed by atoms with Gasteiger partial charge in [0.2, 0.25) is 0 Å². The zero-order valence-electron chi connectivity index (χ0n) is 6.03. The van der Waals surface area contributed by atoms with E-state index in [2.05, 4.69) is 0 Å². The minimum Gasteiger partial charge on any atom is -0.310 e. The molecular weight excluding hydrogens is 114 g/mol. The Morgan fingerprint density at radius 3 is 2.44 bits per heavy atom. The van der Waals surface area contributed by atoms with E-state index in [4.69, 9.17) is 5.41 Å². The number of nitrogens with one attached hydrogen (secondary N) is 1. The fourth-order valence-corrected chi connectivity index (χ4v) is 0.663. The van der Waals surface area contributed by atoms with Crippen LogP contribution >= 0.6 is 0 Å². The molecule has 0 amide bonds. The van der Waals surface area contributed by atoms with Crippen molar-refractivity contribution in [3.8, 4) is 0 Å². The van der Waals surface area contributed by atoms with E-state index in [-0.39, 0.29) is 5.78 Å². The minimum absolute atomic E-state index is 0.185. The SMILES string of the molecule is CCCC(=O)CC(C)=N. The van der Waals surface area contributed by atoms with Crippen molar-refractivity contribution >= 4 is 11.5 Å². The van der Waals surface area contributed by atoms with Crippen LogP contribution in [-0.4, -0.2) is 11.5 Å². The molecule has 0 fully saturated rings. The van der Waals surface area contributed by atoms with Crippen LogP contribution in [0.1, 0.15) is 33.1 Å². The van der Waals surface area contributed by atoms with Gasteiger partial charge in [-0.2, -0.15) is 0 Å². The van der Waals surface area contributed by atoms with Gasteiger partial charge in [-0.05, 0) is 13.3 Å². The molecule has 9 heavy (non-hydrogen) atoms. The summed E-state index contributed by atoms with van der Waals surface area (Å²) in [6, 6.07) is 0. The average molecular weight is 127 g/mol. The summed E-state index contributed by atoms with van der Waals surface area (Å²) in [6.45, 7) is 3.63. The van der Waals surface area contributed by atoms with E-state index in [0.29, 0.717) is 18.6 Å². The van der Waals surface area contributed by atoms with Crippen LogP contribution in [0, 0.1) is 5.41 Å². The van der Waals surface area contributed by atoms with E-state index in [9.17, 15) is 4.79 Å². The molecule has 0 aliphatic heterocycles. The van der Waals surface area contributed by atoms with E-state index in [1.165, 1.54) is 0 Å². The Kier molecular flexibility index (Phi) is 3.93. The lowest BCUT2D eigenvalue weighted by atomic mass is 10.1. The van der Waals surface area contributed by atoms with Crippen LogP contribution in [0.3, 0.4) is 0 Å². The van der Waals surface area contributed by atoms with Crippen LogP contribution in [0.4, 0.5) is 0 Å². The topological polar surface area (TPSA) is 40.9 Å². The van der Waals surface area contributed by atoms with Crippen LogP contribution < -0.4 is 0 Å². The summed E-state index contributed by atoms with van der Waals surface area (Å²) in [6.07, 6.45) is 1.86. The molecule has 0 aromatic carbocycles. The van der Waals surface area contributed by atoms with Gasteiger partial charge in [-0.1, -0.05) is 6.92 Å². The summed E-state index contributed by atoms with van der Waals surface area (Å²) in [5.41, 5.74) is 0.466. The Morgan fingerprint density at radius 2 is 2.11 bits per heavy atom. The van der Waals surface area contributed by atoms with Crippen molar-refractivity contribution in [2.24, 2.45) is 0 Å².